The van der Waals surface area contributed by atoms with E-state index in [4.69, 9.17) is 14.2 Å². The average Bonchev–Trinajstić information content (AvgIpc) is 3.48. The van der Waals surface area contributed by atoms with Crippen molar-refractivity contribution >= 4 is 53.6 Å². The molecule has 12 heteroatoms. The van der Waals surface area contributed by atoms with E-state index in [1.165, 1.54) is 11.8 Å². The highest BCUT2D eigenvalue weighted by molar-refractivity contribution is 8.00. The fourth-order valence-electron chi connectivity index (χ4n) is 5.77. The number of hydrogen-bond acceptors (Lipinski definition) is 9. The van der Waals surface area contributed by atoms with Gasteiger partial charge in [-0.15, -0.1) is 11.8 Å². The number of ketones is 1. The Labute approximate surface area is 284 Å². The van der Waals surface area contributed by atoms with Crippen LogP contribution >= 0.6 is 18.6 Å². The molecule has 3 atom stereocenters. The Balaban J connectivity index is 2.05. The highest BCUT2D eigenvalue weighted by Crippen LogP contribution is 2.54. The molecule has 2 fully saturated rings. The largest absolute Gasteiger partial charge is 0.484 e. The smallest absolute Gasteiger partial charge is 0.355 e. The molecular weight excluding hydrogens is 639 g/mol. The molecule has 0 aliphatic carbocycles. The predicted octanol–water partition coefficient (Wildman–Crippen LogP) is 5.62. The fourth-order valence-corrected chi connectivity index (χ4v) is 12.3. The van der Waals surface area contributed by atoms with Crippen LogP contribution in [0.3, 0.4) is 0 Å². The molecule has 10 nitrogen and oxygen atoms in total. The summed E-state index contributed by atoms with van der Waals surface area (Å²) in [6.45, 7) is 9.27. The SMILES string of the molecule is CCCCP(CCCC)(CCCC)=C(C(=O)OC(C)(C)C)N1C(=O)C(NC(=O)COc2ccccc2)C1SCC(=O)[C@@H]1CCC(=O)O1. The van der Waals surface area contributed by atoms with E-state index in [1.54, 1.807) is 29.2 Å². The van der Waals surface area contributed by atoms with Gasteiger partial charge in [-0.2, -0.15) is 0 Å². The van der Waals surface area contributed by atoms with Gasteiger partial charge in [-0.3, -0.25) is 24.1 Å². The Hall–Kier alpha value is -2.78. The van der Waals surface area contributed by atoms with Crippen molar-refractivity contribution < 1.29 is 38.2 Å². The summed E-state index contributed by atoms with van der Waals surface area (Å²) in [5, 5.41) is 2.09. The number of carbonyl (C=O) groups excluding carboxylic acids is 5. The topological polar surface area (TPSA) is 128 Å². The molecule has 2 aliphatic heterocycles. The molecule has 2 amide bonds. The summed E-state index contributed by atoms with van der Waals surface area (Å²) in [6.07, 6.45) is 7.71. The molecule has 0 aromatic heterocycles. The zero-order valence-electron chi connectivity index (χ0n) is 28.9. The van der Waals surface area contributed by atoms with Crippen LogP contribution in [0.2, 0.25) is 0 Å². The number of esters is 2. The fraction of sp³-hybridized carbons (Fsp3) is 0.657. The van der Waals surface area contributed by atoms with Crippen LogP contribution < -0.4 is 10.1 Å². The first kappa shape index (κ1) is 38.7. The summed E-state index contributed by atoms with van der Waals surface area (Å²) in [5.74, 6) is -1.59. The van der Waals surface area contributed by atoms with E-state index in [-0.39, 0.29) is 24.6 Å². The number of hydrogen-bond donors (Lipinski definition) is 1. The monoisotopic (exact) mass is 692 g/mol. The number of likely N-dealkylation sites (tertiary alicyclic amines) is 1. The van der Waals surface area contributed by atoms with E-state index in [1.807, 2.05) is 26.8 Å². The molecule has 0 spiro atoms. The number of β-lactam (4-membered cyclic amide) rings is 1. The van der Waals surface area contributed by atoms with Gasteiger partial charge in [-0.05, 0) is 70.7 Å². The Kier molecular flexibility index (Phi) is 14.9. The van der Waals surface area contributed by atoms with E-state index in [2.05, 4.69) is 26.1 Å². The van der Waals surface area contributed by atoms with Crippen molar-refractivity contribution in [3.05, 3.63) is 30.3 Å². The van der Waals surface area contributed by atoms with Crippen molar-refractivity contribution in [2.24, 2.45) is 0 Å². The third kappa shape index (κ3) is 10.9. The van der Waals surface area contributed by atoms with Gasteiger partial charge in [0.25, 0.3) is 11.8 Å². The van der Waals surface area contributed by atoms with Crippen LogP contribution in [0.5, 0.6) is 5.75 Å². The molecule has 1 aromatic carbocycles. The van der Waals surface area contributed by atoms with Gasteiger partial charge in [0.05, 0.1) is 5.75 Å². The number of rotatable bonds is 19. The van der Waals surface area contributed by atoms with E-state index < -0.39 is 53.8 Å². The Bertz CT molecular complexity index is 1280. The van der Waals surface area contributed by atoms with Crippen LogP contribution in [0.4, 0.5) is 0 Å². The number of para-hydroxylation sites is 1. The minimum absolute atomic E-state index is 0.0504. The third-order valence-corrected chi connectivity index (χ3v) is 14.3. The number of thioether (sulfide) groups is 1. The van der Waals surface area contributed by atoms with E-state index in [0.29, 0.717) is 17.6 Å². The zero-order valence-corrected chi connectivity index (χ0v) is 30.6. The number of amides is 2. The Morgan fingerprint density at radius 3 is 2.09 bits per heavy atom. The van der Waals surface area contributed by atoms with Gasteiger partial charge < -0.3 is 19.5 Å². The second kappa shape index (κ2) is 18.1. The molecular formula is C35H53N2O8PS. The molecule has 2 saturated heterocycles. The van der Waals surface area contributed by atoms with E-state index in [0.717, 1.165) is 57.0 Å². The average molecular weight is 693 g/mol. The van der Waals surface area contributed by atoms with Crippen molar-refractivity contribution in [3.8, 4) is 5.75 Å². The zero-order chi connectivity index (χ0) is 34.6. The molecule has 0 saturated carbocycles. The van der Waals surface area contributed by atoms with Crippen molar-refractivity contribution in [1.29, 1.82) is 0 Å². The van der Waals surface area contributed by atoms with Crippen LogP contribution in [0.25, 0.3) is 0 Å². The minimum atomic E-state index is -2.24. The lowest BCUT2D eigenvalue weighted by Crippen LogP contribution is -2.72. The Morgan fingerprint density at radius 1 is 0.979 bits per heavy atom. The lowest BCUT2D eigenvalue weighted by Gasteiger charge is -2.49. The van der Waals surface area contributed by atoms with Crippen molar-refractivity contribution in [2.75, 3.05) is 30.8 Å². The van der Waals surface area contributed by atoms with Crippen LogP contribution in [-0.4, -0.2) is 93.8 Å². The maximum atomic E-state index is 14.3. The number of benzene rings is 1. The van der Waals surface area contributed by atoms with Crippen LogP contribution in [0, 0.1) is 0 Å². The normalized spacial score (nSPS) is 19.5. The van der Waals surface area contributed by atoms with Gasteiger partial charge in [0.15, 0.2) is 18.5 Å². The van der Waals surface area contributed by atoms with Gasteiger partial charge >= 0.3 is 11.9 Å². The van der Waals surface area contributed by atoms with Crippen LogP contribution in [0.15, 0.2) is 30.3 Å². The van der Waals surface area contributed by atoms with Gasteiger partial charge in [0, 0.05) is 12.8 Å². The lowest BCUT2D eigenvalue weighted by atomic mass is 10.1. The quantitative estimate of drug-likeness (QED) is 0.112. The summed E-state index contributed by atoms with van der Waals surface area (Å²) in [7, 11) is 0. The molecule has 2 heterocycles. The second-order valence-electron chi connectivity index (χ2n) is 13.2. The number of Topliss-reactive ketones (excluding diaryl/α,β-unsaturated/α-hetero) is 1. The molecule has 0 radical (unpaired) electrons. The second-order valence-corrected chi connectivity index (χ2v) is 18.4. The van der Waals surface area contributed by atoms with Crippen molar-refractivity contribution in [2.45, 2.75) is 116 Å². The van der Waals surface area contributed by atoms with Gasteiger partial charge in [-0.25, -0.2) is 4.79 Å². The highest BCUT2D eigenvalue weighted by atomic mass is 32.2. The molecule has 3 rings (SSSR count). The van der Waals surface area contributed by atoms with Crippen molar-refractivity contribution in [3.63, 3.8) is 0 Å². The lowest BCUT2D eigenvalue weighted by molar-refractivity contribution is -0.151. The number of nitrogens with one attached hydrogen (secondary N) is 1. The van der Waals surface area contributed by atoms with Gasteiger partial charge in [-0.1, -0.05) is 65.1 Å². The molecule has 1 N–H and O–H groups in total. The standard InChI is InChI=1S/C35H53N2O8PS/c1-7-10-20-46(21-11-8-2,22-12-9-3)32(34(42)45-35(4,5)6)37-31(41)30(36-28(39)23-43-25-16-14-13-15-17-25)33(37)47-24-26(38)27-18-19-29(40)44-27/h13-17,27,30,33H,7-12,18-24H2,1-6H3,(H,36,39)/t27-,30?,33?/m0/s1. The first-order valence-electron chi connectivity index (χ1n) is 17.0. The van der Waals surface area contributed by atoms with Crippen molar-refractivity contribution in [1.82, 2.24) is 10.2 Å². The maximum absolute atomic E-state index is 14.3. The van der Waals surface area contributed by atoms with Gasteiger partial charge in [0.2, 0.25) is 0 Å². The first-order valence-corrected chi connectivity index (χ1v) is 20.4. The maximum Gasteiger partial charge on any atom is 0.355 e. The molecule has 2 unspecified atom stereocenters. The number of unbranched alkanes of at least 4 members (excludes halogenated alkanes) is 3. The third-order valence-electron chi connectivity index (χ3n) is 8.19. The number of ether oxygens (including phenoxy) is 3. The number of cyclic esters (lactones) is 1. The molecule has 262 valence electrons. The Morgan fingerprint density at radius 2 is 1.57 bits per heavy atom. The summed E-state index contributed by atoms with van der Waals surface area (Å²) in [4.78, 5) is 68.0. The predicted molar refractivity (Wildman–Crippen MR) is 188 cm³/mol. The van der Waals surface area contributed by atoms with E-state index >= 15 is 0 Å². The molecule has 1 aromatic rings. The molecule has 47 heavy (non-hydrogen) atoms. The van der Waals surface area contributed by atoms with Gasteiger partial charge in [0.1, 0.15) is 28.2 Å². The number of carbonyl (C=O) groups is 5. The van der Waals surface area contributed by atoms with Crippen LogP contribution in [-0.2, 0) is 33.4 Å². The number of nitrogens with zero attached hydrogens (tertiary/aromatic N) is 1. The molecule has 2 aliphatic rings. The summed E-state index contributed by atoms with van der Waals surface area (Å²) < 4.78 is 16.9. The summed E-state index contributed by atoms with van der Waals surface area (Å²) >= 11 is 1.19. The summed E-state index contributed by atoms with van der Waals surface area (Å²) in [5.41, 5.74) is -0.365. The molecule has 0 bridgehead atoms. The first-order chi connectivity index (χ1) is 22.4. The highest BCUT2D eigenvalue weighted by Gasteiger charge is 2.54. The minimum Gasteiger partial charge on any atom is -0.484 e. The summed E-state index contributed by atoms with van der Waals surface area (Å²) in [6, 6.07) is 7.92. The van der Waals surface area contributed by atoms with E-state index in [9.17, 15) is 24.0 Å². The van der Waals surface area contributed by atoms with Crippen LogP contribution in [0.1, 0.15) is 92.9 Å².